The normalized spacial score (nSPS) is 18.3. The van der Waals surface area contributed by atoms with Gasteiger partial charge in [-0.1, -0.05) is 24.3 Å². The van der Waals surface area contributed by atoms with Crippen LogP contribution in [0.4, 0.5) is 0 Å². The van der Waals surface area contributed by atoms with Gasteiger partial charge >= 0.3 is 0 Å². The quantitative estimate of drug-likeness (QED) is 0.858. The number of aliphatic hydroxyl groups excluding tert-OH is 1. The van der Waals surface area contributed by atoms with Gasteiger partial charge in [0.2, 0.25) is 5.91 Å². The van der Waals surface area contributed by atoms with Gasteiger partial charge in [0.05, 0.1) is 6.10 Å². The molecule has 1 aliphatic heterocycles. The molecule has 116 valence electrons. The number of β-amino-alcohol motifs (C(OH)–C–C–N with tert-alkyl or cyclic N) is 1. The minimum atomic E-state index is -0.499. The third-order valence-electron chi connectivity index (χ3n) is 4.07. The zero-order valence-corrected chi connectivity index (χ0v) is 12.7. The van der Waals surface area contributed by atoms with Crippen molar-refractivity contribution in [2.24, 2.45) is 5.73 Å². The maximum absolute atomic E-state index is 11.4. The highest BCUT2D eigenvalue weighted by Crippen LogP contribution is 2.16. The minimum Gasteiger partial charge on any atom is -0.387 e. The van der Waals surface area contributed by atoms with E-state index in [9.17, 15) is 9.90 Å². The molecular weight excluding hydrogens is 266 g/mol. The minimum absolute atomic E-state index is 0.134. The summed E-state index contributed by atoms with van der Waals surface area (Å²) in [4.78, 5) is 15.5. The van der Waals surface area contributed by atoms with Crippen LogP contribution in [0.5, 0.6) is 0 Å². The molecule has 0 aromatic heterocycles. The highest BCUT2D eigenvalue weighted by atomic mass is 16.3. The Morgan fingerprint density at radius 2 is 1.95 bits per heavy atom. The molecule has 1 saturated heterocycles. The SMILES string of the molecule is CC(=O)N1CCCN(CC(O)c2ccc(CN)cc2)CC1. The van der Waals surface area contributed by atoms with Gasteiger partial charge in [-0.25, -0.2) is 0 Å². The molecule has 2 rings (SSSR count). The Morgan fingerprint density at radius 3 is 2.57 bits per heavy atom. The number of aliphatic hydroxyl groups is 1. The maximum atomic E-state index is 11.4. The summed E-state index contributed by atoms with van der Waals surface area (Å²) < 4.78 is 0. The molecule has 0 radical (unpaired) electrons. The molecule has 0 spiro atoms. The highest BCUT2D eigenvalue weighted by molar-refractivity contribution is 5.73. The van der Waals surface area contributed by atoms with Crippen LogP contribution in [0.25, 0.3) is 0 Å². The van der Waals surface area contributed by atoms with Crippen LogP contribution in [0.1, 0.15) is 30.6 Å². The maximum Gasteiger partial charge on any atom is 0.219 e. The molecule has 0 saturated carbocycles. The fourth-order valence-electron chi connectivity index (χ4n) is 2.69. The van der Waals surface area contributed by atoms with Crippen molar-refractivity contribution in [2.45, 2.75) is 26.0 Å². The number of carbonyl (C=O) groups is 1. The Kier molecular flexibility index (Phi) is 5.73. The lowest BCUT2D eigenvalue weighted by molar-refractivity contribution is -0.128. The number of nitrogens with zero attached hydrogens (tertiary/aromatic N) is 2. The van der Waals surface area contributed by atoms with Crippen LogP contribution >= 0.6 is 0 Å². The molecule has 3 N–H and O–H groups in total. The molecular formula is C16H25N3O2. The lowest BCUT2D eigenvalue weighted by Gasteiger charge is -2.24. The number of amides is 1. The Morgan fingerprint density at radius 1 is 1.24 bits per heavy atom. The zero-order valence-electron chi connectivity index (χ0n) is 12.7. The third kappa shape index (κ3) is 4.52. The zero-order chi connectivity index (χ0) is 15.2. The highest BCUT2D eigenvalue weighted by Gasteiger charge is 2.19. The van der Waals surface area contributed by atoms with Gasteiger partial charge in [0.15, 0.2) is 0 Å². The van der Waals surface area contributed by atoms with Crippen LogP contribution in [0.2, 0.25) is 0 Å². The first kappa shape index (κ1) is 15.9. The van der Waals surface area contributed by atoms with Crippen LogP contribution in [0.3, 0.4) is 0 Å². The molecule has 1 amide bonds. The fourth-order valence-corrected chi connectivity index (χ4v) is 2.69. The summed E-state index contributed by atoms with van der Waals surface area (Å²) in [7, 11) is 0. The van der Waals surface area contributed by atoms with Crippen LogP contribution in [-0.2, 0) is 11.3 Å². The van der Waals surface area contributed by atoms with Crippen molar-refractivity contribution in [3.8, 4) is 0 Å². The molecule has 1 aromatic carbocycles. The number of rotatable bonds is 4. The Bertz CT molecular complexity index is 461. The van der Waals surface area contributed by atoms with Crippen molar-refractivity contribution in [3.63, 3.8) is 0 Å². The summed E-state index contributed by atoms with van der Waals surface area (Å²) in [5.41, 5.74) is 7.56. The smallest absolute Gasteiger partial charge is 0.219 e. The van der Waals surface area contributed by atoms with Gasteiger partial charge in [-0.05, 0) is 17.5 Å². The molecule has 21 heavy (non-hydrogen) atoms. The number of benzene rings is 1. The van der Waals surface area contributed by atoms with E-state index in [4.69, 9.17) is 5.73 Å². The molecule has 1 aromatic rings. The predicted octanol–water partition coefficient (Wildman–Crippen LogP) is 0.733. The van der Waals surface area contributed by atoms with E-state index in [-0.39, 0.29) is 5.91 Å². The van der Waals surface area contributed by atoms with E-state index in [0.29, 0.717) is 13.1 Å². The molecule has 1 unspecified atom stereocenters. The standard InChI is InChI=1S/C16H25N3O2/c1-13(20)19-8-2-7-18(9-10-19)12-16(21)15-5-3-14(11-17)4-6-15/h3-6,16,21H,2,7-12,17H2,1H3. The fraction of sp³-hybridized carbons (Fsp3) is 0.562. The lowest BCUT2D eigenvalue weighted by Crippen LogP contribution is -2.35. The molecule has 0 aliphatic carbocycles. The molecule has 1 fully saturated rings. The second-order valence-corrected chi connectivity index (χ2v) is 5.62. The van der Waals surface area contributed by atoms with Crippen LogP contribution < -0.4 is 5.73 Å². The first-order chi connectivity index (χ1) is 10.1. The largest absolute Gasteiger partial charge is 0.387 e. The lowest BCUT2D eigenvalue weighted by atomic mass is 10.1. The summed E-state index contributed by atoms with van der Waals surface area (Å²) in [6.45, 7) is 6.03. The summed E-state index contributed by atoms with van der Waals surface area (Å²) >= 11 is 0. The first-order valence-corrected chi connectivity index (χ1v) is 7.55. The van der Waals surface area contributed by atoms with Crippen molar-refractivity contribution < 1.29 is 9.90 Å². The number of carbonyl (C=O) groups excluding carboxylic acids is 1. The first-order valence-electron chi connectivity index (χ1n) is 7.55. The Labute approximate surface area is 126 Å². The van der Waals surface area contributed by atoms with Gasteiger partial charge in [0, 0.05) is 46.2 Å². The average molecular weight is 291 g/mol. The van der Waals surface area contributed by atoms with Gasteiger partial charge in [-0.15, -0.1) is 0 Å². The van der Waals surface area contributed by atoms with E-state index >= 15 is 0 Å². The Hall–Kier alpha value is -1.43. The topological polar surface area (TPSA) is 69.8 Å². The monoisotopic (exact) mass is 291 g/mol. The van der Waals surface area contributed by atoms with E-state index in [1.165, 1.54) is 0 Å². The van der Waals surface area contributed by atoms with E-state index in [1.54, 1.807) is 6.92 Å². The van der Waals surface area contributed by atoms with Gasteiger partial charge in [-0.2, -0.15) is 0 Å². The van der Waals surface area contributed by atoms with E-state index < -0.39 is 6.10 Å². The molecule has 5 nitrogen and oxygen atoms in total. The van der Waals surface area contributed by atoms with Gasteiger partial charge in [0.25, 0.3) is 0 Å². The number of hydrogen-bond acceptors (Lipinski definition) is 4. The second-order valence-electron chi connectivity index (χ2n) is 5.62. The molecule has 1 heterocycles. The van der Waals surface area contributed by atoms with Crippen LogP contribution in [0.15, 0.2) is 24.3 Å². The van der Waals surface area contributed by atoms with Crippen LogP contribution in [-0.4, -0.2) is 53.5 Å². The van der Waals surface area contributed by atoms with Crippen molar-refractivity contribution in [1.82, 2.24) is 9.80 Å². The molecule has 1 aliphatic rings. The summed E-state index contributed by atoms with van der Waals surface area (Å²) in [5, 5.41) is 10.3. The van der Waals surface area contributed by atoms with Crippen molar-refractivity contribution in [1.29, 1.82) is 0 Å². The van der Waals surface area contributed by atoms with Crippen molar-refractivity contribution >= 4 is 5.91 Å². The molecule has 0 bridgehead atoms. The van der Waals surface area contributed by atoms with Gasteiger partial charge < -0.3 is 15.7 Å². The summed E-state index contributed by atoms with van der Waals surface area (Å²) in [6.07, 6.45) is 0.457. The van der Waals surface area contributed by atoms with Crippen molar-refractivity contribution in [3.05, 3.63) is 35.4 Å². The van der Waals surface area contributed by atoms with E-state index in [0.717, 1.165) is 43.7 Å². The molecule has 5 heteroatoms. The van der Waals surface area contributed by atoms with Gasteiger partial charge in [0.1, 0.15) is 0 Å². The number of hydrogen-bond donors (Lipinski definition) is 2. The molecule has 1 atom stereocenters. The van der Waals surface area contributed by atoms with Crippen LogP contribution in [0, 0.1) is 0 Å². The number of nitrogens with two attached hydrogens (primary N) is 1. The second kappa shape index (κ2) is 7.54. The van der Waals surface area contributed by atoms with Gasteiger partial charge in [-0.3, -0.25) is 9.69 Å². The summed E-state index contributed by atoms with van der Waals surface area (Å²) in [6, 6.07) is 7.79. The summed E-state index contributed by atoms with van der Waals surface area (Å²) in [5.74, 6) is 0.134. The Balaban J connectivity index is 1.89. The van der Waals surface area contributed by atoms with Crippen molar-refractivity contribution in [2.75, 3.05) is 32.7 Å². The van der Waals surface area contributed by atoms with E-state index in [1.807, 2.05) is 29.2 Å². The predicted molar refractivity (Wildman–Crippen MR) is 82.6 cm³/mol. The average Bonchev–Trinajstić information content (AvgIpc) is 2.73. The third-order valence-corrected chi connectivity index (χ3v) is 4.07. The van der Waals surface area contributed by atoms with E-state index in [2.05, 4.69) is 4.90 Å².